The molecule has 4 heteroatoms. The number of aromatic nitrogens is 3. The molecule has 3 rings (SSSR count). The molecule has 0 aromatic carbocycles. The van der Waals surface area contributed by atoms with Crippen molar-refractivity contribution in [3.8, 4) is 0 Å². The van der Waals surface area contributed by atoms with Gasteiger partial charge in [0.15, 0.2) is 0 Å². The van der Waals surface area contributed by atoms with Gasteiger partial charge in [-0.15, -0.1) is 0 Å². The molecule has 0 aliphatic heterocycles. The van der Waals surface area contributed by atoms with E-state index in [1.54, 1.807) is 0 Å². The van der Waals surface area contributed by atoms with Gasteiger partial charge in [0.05, 0.1) is 0 Å². The Morgan fingerprint density at radius 1 is 1.16 bits per heavy atom. The summed E-state index contributed by atoms with van der Waals surface area (Å²) in [4.78, 5) is 14.2. The summed E-state index contributed by atoms with van der Waals surface area (Å²) in [6.45, 7) is 0.899. The van der Waals surface area contributed by atoms with Crippen LogP contribution in [0.1, 0.15) is 5.69 Å². The van der Waals surface area contributed by atoms with Gasteiger partial charge in [-0.05, 0) is 30.3 Å². The van der Waals surface area contributed by atoms with Crippen molar-refractivity contribution in [2.24, 2.45) is 0 Å². The Labute approximate surface area is 112 Å². The average molecular weight is 252 g/mol. The molecular formula is C15H16N4. The second-order valence-electron chi connectivity index (χ2n) is 4.58. The number of likely N-dealkylation sites (N-methyl/N-ethyl adjacent to an activating group) is 1. The molecule has 3 aromatic rings. The Kier molecular flexibility index (Phi) is 3.14. The zero-order valence-corrected chi connectivity index (χ0v) is 10.9. The highest BCUT2D eigenvalue weighted by Gasteiger charge is 2.05. The Morgan fingerprint density at radius 2 is 2.11 bits per heavy atom. The van der Waals surface area contributed by atoms with E-state index in [-0.39, 0.29) is 0 Å². The summed E-state index contributed by atoms with van der Waals surface area (Å²) >= 11 is 0. The van der Waals surface area contributed by atoms with Crippen LogP contribution in [0.3, 0.4) is 0 Å². The maximum absolute atomic E-state index is 4.60. The van der Waals surface area contributed by atoms with Gasteiger partial charge in [-0.25, -0.2) is 4.98 Å². The van der Waals surface area contributed by atoms with Gasteiger partial charge in [0.25, 0.3) is 0 Å². The second-order valence-corrected chi connectivity index (χ2v) is 4.58. The van der Waals surface area contributed by atoms with E-state index in [1.807, 2.05) is 30.6 Å². The molecule has 0 amide bonds. The summed E-state index contributed by atoms with van der Waals surface area (Å²) in [7, 11) is 2.06. The lowest BCUT2D eigenvalue weighted by atomic mass is 10.2. The van der Waals surface area contributed by atoms with Crippen LogP contribution < -0.4 is 4.90 Å². The number of pyridine rings is 2. The van der Waals surface area contributed by atoms with Crippen LogP contribution in [-0.2, 0) is 6.42 Å². The number of anilines is 1. The summed E-state index contributed by atoms with van der Waals surface area (Å²) in [5, 5.41) is 1.14. The molecule has 0 saturated carbocycles. The first kappa shape index (κ1) is 11.7. The van der Waals surface area contributed by atoms with E-state index < -0.39 is 0 Å². The summed E-state index contributed by atoms with van der Waals surface area (Å²) in [6.07, 6.45) is 4.66. The first-order valence-corrected chi connectivity index (χ1v) is 6.38. The third-order valence-electron chi connectivity index (χ3n) is 3.22. The van der Waals surface area contributed by atoms with E-state index in [0.717, 1.165) is 35.5 Å². The van der Waals surface area contributed by atoms with Crippen molar-refractivity contribution in [2.45, 2.75) is 6.42 Å². The van der Waals surface area contributed by atoms with Crippen molar-refractivity contribution < 1.29 is 0 Å². The van der Waals surface area contributed by atoms with E-state index in [4.69, 9.17) is 0 Å². The molecule has 0 radical (unpaired) electrons. The molecule has 0 spiro atoms. The molecule has 4 nitrogen and oxygen atoms in total. The highest BCUT2D eigenvalue weighted by atomic mass is 15.2. The average Bonchev–Trinajstić information content (AvgIpc) is 2.93. The third-order valence-corrected chi connectivity index (χ3v) is 3.22. The van der Waals surface area contributed by atoms with Crippen molar-refractivity contribution >= 4 is 16.9 Å². The zero-order valence-electron chi connectivity index (χ0n) is 10.9. The number of nitrogens with zero attached hydrogens (tertiary/aromatic N) is 3. The van der Waals surface area contributed by atoms with Crippen molar-refractivity contribution in [3.05, 3.63) is 54.5 Å². The molecule has 1 N–H and O–H groups in total. The maximum atomic E-state index is 4.60. The Hall–Kier alpha value is -2.36. The quantitative estimate of drug-likeness (QED) is 0.776. The number of rotatable bonds is 4. The van der Waals surface area contributed by atoms with Gasteiger partial charge in [-0.2, -0.15) is 0 Å². The summed E-state index contributed by atoms with van der Waals surface area (Å²) in [6, 6.07) is 12.2. The fourth-order valence-electron chi connectivity index (χ4n) is 2.08. The van der Waals surface area contributed by atoms with Crippen LogP contribution in [0.15, 0.2) is 48.8 Å². The van der Waals surface area contributed by atoms with Crippen LogP contribution >= 0.6 is 0 Å². The molecule has 0 aliphatic carbocycles. The largest absolute Gasteiger partial charge is 0.359 e. The molecule has 0 saturated heterocycles. The van der Waals surface area contributed by atoms with Crippen LogP contribution in [0.4, 0.5) is 5.82 Å². The predicted molar refractivity (Wildman–Crippen MR) is 77.3 cm³/mol. The minimum atomic E-state index is 0.899. The Morgan fingerprint density at radius 3 is 2.95 bits per heavy atom. The van der Waals surface area contributed by atoms with E-state index in [1.165, 1.54) is 0 Å². The topological polar surface area (TPSA) is 44.8 Å². The molecule has 0 fully saturated rings. The maximum Gasteiger partial charge on any atom is 0.139 e. The van der Waals surface area contributed by atoms with Gasteiger partial charge in [0, 0.05) is 43.5 Å². The first-order chi connectivity index (χ1) is 9.33. The number of fused-ring (bicyclic) bond motifs is 1. The van der Waals surface area contributed by atoms with Gasteiger partial charge in [-0.1, -0.05) is 6.07 Å². The summed E-state index contributed by atoms with van der Waals surface area (Å²) in [5.41, 5.74) is 2.04. The number of hydrogen-bond donors (Lipinski definition) is 1. The van der Waals surface area contributed by atoms with E-state index >= 15 is 0 Å². The van der Waals surface area contributed by atoms with E-state index in [2.05, 4.69) is 45.1 Å². The Balaban J connectivity index is 1.71. The lowest BCUT2D eigenvalue weighted by Gasteiger charge is -2.17. The minimum absolute atomic E-state index is 0.899. The van der Waals surface area contributed by atoms with Crippen LogP contribution in [0.2, 0.25) is 0 Å². The molecule has 96 valence electrons. The molecule has 3 aromatic heterocycles. The molecule has 0 unspecified atom stereocenters. The smallest absolute Gasteiger partial charge is 0.139 e. The third kappa shape index (κ3) is 2.57. The van der Waals surface area contributed by atoms with Crippen molar-refractivity contribution in [1.82, 2.24) is 15.0 Å². The molecule has 3 heterocycles. The second kappa shape index (κ2) is 5.10. The number of hydrogen-bond acceptors (Lipinski definition) is 3. The van der Waals surface area contributed by atoms with Gasteiger partial charge in [0.1, 0.15) is 11.5 Å². The highest BCUT2D eigenvalue weighted by molar-refractivity contribution is 5.77. The number of H-pyrrole nitrogens is 1. The number of nitrogens with one attached hydrogen (secondary N) is 1. The van der Waals surface area contributed by atoms with Crippen molar-refractivity contribution in [3.63, 3.8) is 0 Å². The van der Waals surface area contributed by atoms with Crippen LogP contribution in [0.5, 0.6) is 0 Å². The fourth-order valence-corrected chi connectivity index (χ4v) is 2.08. The van der Waals surface area contributed by atoms with Crippen LogP contribution in [-0.4, -0.2) is 28.5 Å². The van der Waals surface area contributed by atoms with Crippen molar-refractivity contribution in [2.75, 3.05) is 18.5 Å². The molecule has 0 bridgehead atoms. The molecule has 0 aliphatic rings. The summed E-state index contributed by atoms with van der Waals surface area (Å²) < 4.78 is 0. The molecular weight excluding hydrogens is 236 g/mol. The monoisotopic (exact) mass is 252 g/mol. The minimum Gasteiger partial charge on any atom is -0.359 e. The standard InChI is InChI=1S/C15H16N4/c1-19(11-8-13-4-2-3-9-16-13)14-6-5-12-7-10-17-15(12)18-14/h2-7,9-10H,8,11H2,1H3,(H,17,18). The van der Waals surface area contributed by atoms with Crippen LogP contribution in [0, 0.1) is 0 Å². The molecule has 19 heavy (non-hydrogen) atoms. The van der Waals surface area contributed by atoms with Gasteiger partial charge in [-0.3, -0.25) is 4.98 Å². The van der Waals surface area contributed by atoms with Gasteiger partial charge >= 0.3 is 0 Å². The van der Waals surface area contributed by atoms with Gasteiger partial charge in [0.2, 0.25) is 0 Å². The van der Waals surface area contributed by atoms with Gasteiger partial charge < -0.3 is 9.88 Å². The summed E-state index contributed by atoms with van der Waals surface area (Å²) in [5.74, 6) is 0.978. The zero-order chi connectivity index (χ0) is 13.1. The van der Waals surface area contributed by atoms with Crippen molar-refractivity contribution in [1.29, 1.82) is 0 Å². The Bertz CT molecular complexity index is 660. The predicted octanol–water partition coefficient (Wildman–Crippen LogP) is 2.64. The van der Waals surface area contributed by atoms with Crippen LogP contribution in [0.25, 0.3) is 11.0 Å². The van der Waals surface area contributed by atoms with E-state index in [9.17, 15) is 0 Å². The SMILES string of the molecule is CN(CCc1ccccn1)c1ccc2cc[nH]c2n1. The highest BCUT2D eigenvalue weighted by Crippen LogP contribution is 2.16. The normalized spacial score (nSPS) is 10.8. The lowest BCUT2D eigenvalue weighted by molar-refractivity contribution is 0.841. The first-order valence-electron chi connectivity index (χ1n) is 6.38. The lowest BCUT2D eigenvalue weighted by Crippen LogP contribution is -2.21. The number of aromatic amines is 1. The molecule has 0 atom stereocenters. The van der Waals surface area contributed by atoms with E-state index in [0.29, 0.717) is 0 Å². The fraction of sp³-hybridized carbons (Fsp3) is 0.200.